The monoisotopic (exact) mass is 112 g/mol. The molecular formula is C5H8N2O. The van der Waals surface area contributed by atoms with E-state index in [0.717, 1.165) is 5.56 Å². The molecule has 0 unspecified atom stereocenters. The zero-order valence-corrected chi connectivity index (χ0v) is 4.72. The Morgan fingerprint density at radius 1 is 1.88 bits per heavy atom. The molecule has 0 saturated heterocycles. The van der Waals surface area contributed by atoms with Crippen LogP contribution in [0.25, 0.3) is 0 Å². The molecule has 3 nitrogen and oxygen atoms in total. The van der Waals surface area contributed by atoms with Crippen LogP contribution in [-0.2, 0) is 11.3 Å². The topological polar surface area (TPSA) is 37.9 Å². The molecule has 0 aromatic carbocycles. The van der Waals surface area contributed by atoms with Crippen LogP contribution in [-0.4, -0.2) is 17.3 Å². The lowest BCUT2D eigenvalue weighted by Gasteiger charge is -1.88. The van der Waals surface area contributed by atoms with Crippen molar-refractivity contribution in [3.05, 3.63) is 18.0 Å². The Bertz CT molecular complexity index is 136. The van der Waals surface area contributed by atoms with Gasteiger partial charge in [-0.05, 0) is 0 Å². The van der Waals surface area contributed by atoms with E-state index in [4.69, 9.17) is 4.74 Å². The number of aromatic nitrogens is 2. The third kappa shape index (κ3) is 1.07. The molecular weight excluding hydrogens is 104 g/mol. The summed E-state index contributed by atoms with van der Waals surface area (Å²) in [5.41, 5.74) is 1.08. The number of rotatable bonds is 2. The molecule has 0 fully saturated rings. The smallest absolute Gasteiger partial charge is 0.0743 e. The number of aromatic amines is 1. The van der Waals surface area contributed by atoms with Gasteiger partial charge in [0.05, 0.1) is 12.8 Å². The van der Waals surface area contributed by atoms with E-state index < -0.39 is 0 Å². The van der Waals surface area contributed by atoms with Crippen LogP contribution < -0.4 is 0 Å². The molecule has 0 atom stereocenters. The maximum Gasteiger partial charge on any atom is 0.0743 e. The van der Waals surface area contributed by atoms with Crippen LogP contribution >= 0.6 is 0 Å². The van der Waals surface area contributed by atoms with Gasteiger partial charge in [-0.25, -0.2) is 0 Å². The number of methoxy groups -OCH3 is 1. The van der Waals surface area contributed by atoms with Crippen LogP contribution in [0.5, 0.6) is 0 Å². The maximum absolute atomic E-state index is 4.83. The number of nitrogens with zero attached hydrogens (tertiary/aromatic N) is 1. The van der Waals surface area contributed by atoms with Crippen LogP contribution in [0.15, 0.2) is 12.4 Å². The second-order valence-corrected chi connectivity index (χ2v) is 1.54. The molecule has 0 bridgehead atoms. The molecule has 0 spiro atoms. The third-order valence-electron chi connectivity index (χ3n) is 0.866. The van der Waals surface area contributed by atoms with Crippen molar-refractivity contribution < 1.29 is 4.74 Å². The molecule has 1 N–H and O–H groups in total. The quantitative estimate of drug-likeness (QED) is 0.606. The van der Waals surface area contributed by atoms with E-state index >= 15 is 0 Å². The summed E-state index contributed by atoms with van der Waals surface area (Å²) in [6, 6.07) is 0. The molecule has 0 amide bonds. The second-order valence-electron chi connectivity index (χ2n) is 1.54. The average molecular weight is 112 g/mol. The number of ether oxygens (including phenoxy) is 1. The van der Waals surface area contributed by atoms with E-state index in [9.17, 15) is 0 Å². The summed E-state index contributed by atoms with van der Waals surface area (Å²) in [5.74, 6) is 0. The lowest BCUT2D eigenvalue weighted by Crippen LogP contribution is -1.81. The zero-order chi connectivity index (χ0) is 5.82. The van der Waals surface area contributed by atoms with Gasteiger partial charge >= 0.3 is 0 Å². The number of hydrogen-bond donors (Lipinski definition) is 1. The molecule has 1 aromatic rings. The largest absolute Gasteiger partial charge is 0.380 e. The Kier molecular flexibility index (Phi) is 1.64. The Morgan fingerprint density at radius 3 is 3.25 bits per heavy atom. The second kappa shape index (κ2) is 2.47. The number of nitrogens with one attached hydrogen (secondary N) is 1. The van der Waals surface area contributed by atoms with Crippen molar-refractivity contribution in [1.82, 2.24) is 10.2 Å². The summed E-state index contributed by atoms with van der Waals surface area (Å²) < 4.78 is 4.83. The van der Waals surface area contributed by atoms with Crippen molar-refractivity contribution in [3.8, 4) is 0 Å². The number of H-pyrrole nitrogens is 1. The van der Waals surface area contributed by atoms with Gasteiger partial charge in [0.15, 0.2) is 0 Å². The highest BCUT2D eigenvalue weighted by molar-refractivity contribution is 4.99. The fraction of sp³-hybridized carbons (Fsp3) is 0.400. The standard InChI is InChI=1S/C5H8N2O/c1-8-4-5-2-6-7-3-5/h2-3H,4H2,1H3,(H,6,7). The number of hydrogen-bond acceptors (Lipinski definition) is 2. The van der Waals surface area contributed by atoms with Crippen LogP contribution in [0, 0.1) is 0 Å². The van der Waals surface area contributed by atoms with Gasteiger partial charge in [-0.15, -0.1) is 0 Å². The molecule has 44 valence electrons. The van der Waals surface area contributed by atoms with Crippen molar-refractivity contribution in [2.75, 3.05) is 7.11 Å². The predicted molar refractivity (Wildman–Crippen MR) is 29.3 cm³/mol. The first-order chi connectivity index (χ1) is 3.93. The van der Waals surface area contributed by atoms with E-state index in [1.54, 1.807) is 13.3 Å². The first-order valence-corrected chi connectivity index (χ1v) is 2.40. The zero-order valence-electron chi connectivity index (χ0n) is 4.72. The summed E-state index contributed by atoms with van der Waals surface area (Å²) in [7, 11) is 1.66. The van der Waals surface area contributed by atoms with Gasteiger partial charge in [-0.3, -0.25) is 5.10 Å². The molecule has 0 saturated carbocycles. The Morgan fingerprint density at radius 2 is 2.75 bits per heavy atom. The van der Waals surface area contributed by atoms with E-state index in [-0.39, 0.29) is 0 Å². The van der Waals surface area contributed by atoms with Crippen LogP contribution in [0.3, 0.4) is 0 Å². The van der Waals surface area contributed by atoms with Crippen molar-refractivity contribution in [1.29, 1.82) is 0 Å². The van der Waals surface area contributed by atoms with Crippen LogP contribution in [0.4, 0.5) is 0 Å². The highest BCUT2D eigenvalue weighted by atomic mass is 16.5. The molecule has 0 aliphatic rings. The minimum Gasteiger partial charge on any atom is -0.380 e. The lowest BCUT2D eigenvalue weighted by molar-refractivity contribution is 0.185. The molecule has 0 radical (unpaired) electrons. The Labute approximate surface area is 47.7 Å². The van der Waals surface area contributed by atoms with E-state index in [2.05, 4.69) is 10.2 Å². The SMILES string of the molecule is COCc1cn[nH]c1. The van der Waals surface area contributed by atoms with Gasteiger partial charge in [0.25, 0.3) is 0 Å². The van der Waals surface area contributed by atoms with E-state index in [1.807, 2.05) is 6.20 Å². The van der Waals surface area contributed by atoms with E-state index in [1.165, 1.54) is 0 Å². The van der Waals surface area contributed by atoms with Gasteiger partial charge in [0.2, 0.25) is 0 Å². The molecule has 1 heterocycles. The Balaban J connectivity index is 2.50. The van der Waals surface area contributed by atoms with Crippen molar-refractivity contribution in [2.24, 2.45) is 0 Å². The van der Waals surface area contributed by atoms with Gasteiger partial charge in [0.1, 0.15) is 0 Å². The van der Waals surface area contributed by atoms with E-state index in [0.29, 0.717) is 6.61 Å². The van der Waals surface area contributed by atoms with Crippen molar-refractivity contribution in [3.63, 3.8) is 0 Å². The maximum atomic E-state index is 4.83. The summed E-state index contributed by atoms with van der Waals surface area (Å²) >= 11 is 0. The molecule has 0 aliphatic heterocycles. The van der Waals surface area contributed by atoms with Crippen molar-refractivity contribution >= 4 is 0 Å². The van der Waals surface area contributed by atoms with Gasteiger partial charge in [0, 0.05) is 18.9 Å². The highest BCUT2D eigenvalue weighted by Gasteiger charge is 1.87. The van der Waals surface area contributed by atoms with Gasteiger partial charge in [-0.1, -0.05) is 0 Å². The minimum atomic E-state index is 0.635. The normalized spacial score (nSPS) is 9.62. The Hall–Kier alpha value is -0.830. The first kappa shape index (κ1) is 5.31. The summed E-state index contributed by atoms with van der Waals surface area (Å²) in [6.45, 7) is 0.635. The van der Waals surface area contributed by atoms with Gasteiger partial charge < -0.3 is 4.74 Å². The fourth-order valence-electron chi connectivity index (χ4n) is 0.523. The molecule has 8 heavy (non-hydrogen) atoms. The minimum absolute atomic E-state index is 0.635. The van der Waals surface area contributed by atoms with Crippen molar-refractivity contribution in [2.45, 2.75) is 6.61 Å². The average Bonchev–Trinajstić information content (AvgIpc) is 2.19. The summed E-state index contributed by atoms with van der Waals surface area (Å²) in [6.07, 6.45) is 3.55. The lowest BCUT2D eigenvalue weighted by atomic mass is 10.4. The first-order valence-electron chi connectivity index (χ1n) is 2.40. The van der Waals surface area contributed by atoms with Crippen LogP contribution in [0.1, 0.15) is 5.56 Å². The summed E-state index contributed by atoms with van der Waals surface area (Å²) in [5, 5.41) is 6.42. The van der Waals surface area contributed by atoms with Gasteiger partial charge in [-0.2, -0.15) is 5.10 Å². The third-order valence-corrected chi connectivity index (χ3v) is 0.866. The molecule has 1 rings (SSSR count). The van der Waals surface area contributed by atoms with Crippen LogP contribution in [0.2, 0.25) is 0 Å². The summed E-state index contributed by atoms with van der Waals surface area (Å²) in [4.78, 5) is 0. The molecule has 3 heteroatoms. The molecule has 0 aliphatic carbocycles. The molecule has 1 aromatic heterocycles. The fourth-order valence-corrected chi connectivity index (χ4v) is 0.523. The highest BCUT2D eigenvalue weighted by Crippen LogP contribution is 1.93. The predicted octanol–water partition coefficient (Wildman–Crippen LogP) is 0.556.